The van der Waals surface area contributed by atoms with Crippen LogP contribution in [0, 0.1) is 0 Å². The van der Waals surface area contributed by atoms with E-state index in [2.05, 4.69) is 4.90 Å². The lowest BCUT2D eigenvalue weighted by Crippen LogP contribution is -2.48. The first kappa shape index (κ1) is 17.9. The third-order valence-corrected chi connectivity index (χ3v) is 5.77. The predicted octanol–water partition coefficient (Wildman–Crippen LogP) is 0.449. The van der Waals surface area contributed by atoms with Crippen LogP contribution in [0.15, 0.2) is 15.7 Å². The van der Waals surface area contributed by atoms with Gasteiger partial charge in [0.05, 0.1) is 0 Å². The van der Waals surface area contributed by atoms with Crippen LogP contribution in [0.2, 0.25) is 0 Å². The van der Waals surface area contributed by atoms with Crippen molar-refractivity contribution in [2.75, 3.05) is 13.1 Å². The van der Waals surface area contributed by atoms with Crippen LogP contribution in [-0.4, -0.2) is 50.0 Å². The van der Waals surface area contributed by atoms with Gasteiger partial charge >= 0.3 is 5.69 Å². The van der Waals surface area contributed by atoms with E-state index in [1.807, 2.05) is 11.8 Å². The van der Waals surface area contributed by atoms with Gasteiger partial charge < -0.3 is 4.90 Å². The first-order valence-corrected chi connectivity index (χ1v) is 9.23. The number of aromatic nitrogens is 2. The number of amides is 1. The lowest BCUT2D eigenvalue weighted by atomic mass is 10.0. The van der Waals surface area contributed by atoms with Crippen LogP contribution in [0.25, 0.3) is 0 Å². The van der Waals surface area contributed by atoms with Gasteiger partial charge in [-0.2, -0.15) is 0 Å². The average molecular weight is 348 g/mol. The molecule has 2 atom stereocenters. The zero-order valence-electron chi connectivity index (χ0n) is 15.4. The Morgan fingerprint density at radius 3 is 2.48 bits per heavy atom. The SMILES string of the molecule is CCC(=O)N1CCCC1C1CCCN1Cc1cc(=O)n(C)c(=O)n1C. The van der Waals surface area contributed by atoms with Gasteiger partial charge in [0, 0.05) is 57.4 Å². The molecule has 0 saturated carbocycles. The smallest absolute Gasteiger partial charge is 0.330 e. The molecule has 0 aromatic carbocycles. The van der Waals surface area contributed by atoms with E-state index in [0.717, 1.165) is 49.0 Å². The highest BCUT2D eigenvalue weighted by Crippen LogP contribution is 2.31. The van der Waals surface area contributed by atoms with E-state index in [9.17, 15) is 14.4 Å². The Morgan fingerprint density at radius 2 is 1.76 bits per heavy atom. The van der Waals surface area contributed by atoms with Crippen LogP contribution >= 0.6 is 0 Å². The Bertz CT molecular complexity index is 767. The Kier molecular flexibility index (Phi) is 5.13. The van der Waals surface area contributed by atoms with Gasteiger partial charge in [-0.1, -0.05) is 6.92 Å². The molecular weight excluding hydrogens is 320 g/mol. The second kappa shape index (κ2) is 7.15. The topological polar surface area (TPSA) is 67.6 Å². The third-order valence-electron chi connectivity index (χ3n) is 5.77. The molecule has 0 bridgehead atoms. The first-order chi connectivity index (χ1) is 11.9. The van der Waals surface area contributed by atoms with Crippen molar-refractivity contribution in [3.05, 3.63) is 32.6 Å². The van der Waals surface area contributed by atoms with Gasteiger partial charge in [0.1, 0.15) is 0 Å². The molecule has 1 aromatic heterocycles. The van der Waals surface area contributed by atoms with Gasteiger partial charge in [-0.25, -0.2) is 4.79 Å². The standard InChI is InChI=1S/C18H28N4O3/c1-4-16(23)22-10-6-8-15(22)14-7-5-9-21(14)12-13-11-17(24)20(3)18(25)19(13)2/h11,14-15H,4-10,12H2,1-3H3. The van der Waals surface area contributed by atoms with Gasteiger partial charge in [-0.05, 0) is 32.2 Å². The second-order valence-corrected chi connectivity index (χ2v) is 7.20. The van der Waals surface area contributed by atoms with Crippen LogP contribution in [0.1, 0.15) is 44.7 Å². The van der Waals surface area contributed by atoms with Crippen molar-refractivity contribution >= 4 is 5.91 Å². The third kappa shape index (κ3) is 3.29. The number of hydrogen-bond donors (Lipinski definition) is 0. The molecule has 7 heteroatoms. The maximum Gasteiger partial charge on any atom is 0.330 e. The van der Waals surface area contributed by atoms with Crippen molar-refractivity contribution in [1.29, 1.82) is 0 Å². The number of carbonyl (C=O) groups is 1. The number of carbonyl (C=O) groups excluding carboxylic acids is 1. The predicted molar refractivity (Wildman–Crippen MR) is 95.4 cm³/mol. The Hall–Kier alpha value is -1.89. The fourth-order valence-electron chi connectivity index (χ4n) is 4.33. The summed E-state index contributed by atoms with van der Waals surface area (Å²) >= 11 is 0. The number of hydrogen-bond acceptors (Lipinski definition) is 4. The largest absolute Gasteiger partial charge is 0.338 e. The minimum Gasteiger partial charge on any atom is -0.338 e. The van der Waals surface area contributed by atoms with Gasteiger partial charge in [0.25, 0.3) is 5.56 Å². The Labute approximate surface area is 147 Å². The highest BCUT2D eigenvalue weighted by atomic mass is 16.2. The second-order valence-electron chi connectivity index (χ2n) is 7.20. The molecule has 0 spiro atoms. The molecule has 1 amide bonds. The van der Waals surface area contributed by atoms with Crippen LogP contribution < -0.4 is 11.2 Å². The minimum atomic E-state index is -0.290. The number of nitrogens with zero attached hydrogens (tertiary/aromatic N) is 4. The zero-order chi connectivity index (χ0) is 18.1. The van der Waals surface area contributed by atoms with Crippen molar-refractivity contribution < 1.29 is 4.79 Å². The summed E-state index contributed by atoms with van der Waals surface area (Å²) < 4.78 is 2.68. The summed E-state index contributed by atoms with van der Waals surface area (Å²) in [6, 6.07) is 2.14. The maximum atomic E-state index is 12.2. The zero-order valence-corrected chi connectivity index (χ0v) is 15.4. The fraction of sp³-hybridized carbons (Fsp3) is 0.722. The maximum absolute atomic E-state index is 12.2. The molecule has 3 heterocycles. The lowest BCUT2D eigenvalue weighted by molar-refractivity contribution is -0.132. The summed E-state index contributed by atoms with van der Waals surface area (Å²) in [5.74, 6) is 0.232. The highest BCUT2D eigenvalue weighted by Gasteiger charge is 2.39. The van der Waals surface area contributed by atoms with Crippen LogP contribution in [-0.2, 0) is 25.4 Å². The molecule has 2 fully saturated rings. The summed E-state index contributed by atoms with van der Waals surface area (Å²) in [4.78, 5) is 40.8. The Morgan fingerprint density at radius 1 is 1.08 bits per heavy atom. The summed E-state index contributed by atoms with van der Waals surface area (Å²) in [7, 11) is 3.21. The average Bonchev–Trinajstić information content (AvgIpc) is 3.25. The molecule has 0 aliphatic carbocycles. The molecule has 2 unspecified atom stereocenters. The monoisotopic (exact) mass is 348 g/mol. The summed E-state index contributed by atoms with van der Waals surface area (Å²) in [5, 5.41) is 0. The fourth-order valence-corrected chi connectivity index (χ4v) is 4.33. The van der Waals surface area contributed by atoms with Gasteiger partial charge in [-0.15, -0.1) is 0 Å². The van der Waals surface area contributed by atoms with E-state index in [1.54, 1.807) is 17.7 Å². The first-order valence-electron chi connectivity index (χ1n) is 9.23. The van der Waals surface area contributed by atoms with Gasteiger partial charge in [0.2, 0.25) is 5.91 Å². The van der Waals surface area contributed by atoms with E-state index >= 15 is 0 Å². The van der Waals surface area contributed by atoms with Crippen LogP contribution in [0.4, 0.5) is 0 Å². The molecule has 138 valence electrons. The van der Waals surface area contributed by atoms with Gasteiger partial charge in [0.15, 0.2) is 0 Å². The van der Waals surface area contributed by atoms with Crippen molar-refractivity contribution in [2.24, 2.45) is 14.1 Å². The van der Waals surface area contributed by atoms with E-state index in [1.165, 1.54) is 7.05 Å². The van der Waals surface area contributed by atoms with E-state index < -0.39 is 0 Å². The van der Waals surface area contributed by atoms with Crippen molar-refractivity contribution in [3.63, 3.8) is 0 Å². The highest BCUT2D eigenvalue weighted by molar-refractivity contribution is 5.76. The van der Waals surface area contributed by atoms with E-state index in [0.29, 0.717) is 19.0 Å². The molecule has 3 rings (SSSR count). The number of likely N-dealkylation sites (tertiary alicyclic amines) is 2. The lowest BCUT2D eigenvalue weighted by Gasteiger charge is -2.35. The van der Waals surface area contributed by atoms with Crippen molar-refractivity contribution in [2.45, 2.75) is 57.7 Å². The molecule has 7 nitrogen and oxygen atoms in total. The summed E-state index contributed by atoms with van der Waals surface area (Å²) in [6.45, 7) is 4.29. The summed E-state index contributed by atoms with van der Waals surface area (Å²) in [6.07, 6.45) is 4.81. The van der Waals surface area contributed by atoms with Crippen molar-refractivity contribution in [1.82, 2.24) is 18.9 Å². The van der Waals surface area contributed by atoms with Crippen LogP contribution in [0.3, 0.4) is 0 Å². The molecule has 1 aromatic rings. The molecule has 2 aliphatic rings. The molecule has 25 heavy (non-hydrogen) atoms. The van der Waals surface area contributed by atoms with Crippen LogP contribution in [0.5, 0.6) is 0 Å². The van der Waals surface area contributed by atoms with Gasteiger partial charge in [-0.3, -0.25) is 23.6 Å². The quantitative estimate of drug-likeness (QED) is 0.792. The van der Waals surface area contributed by atoms with Crippen molar-refractivity contribution in [3.8, 4) is 0 Å². The summed E-state index contributed by atoms with van der Waals surface area (Å²) in [5.41, 5.74) is 0.186. The molecule has 2 saturated heterocycles. The minimum absolute atomic E-state index is 0.232. The molecular formula is C18H28N4O3. The Balaban J connectivity index is 1.82. The molecule has 0 radical (unpaired) electrons. The normalized spacial score (nSPS) is 24.2. The molecule has 2 aliphatic heterocycles. The number of rotatable bonds is 4. The molecule has 0 N–H and O–H groups in total. The van der Waals surface area contributed by atoms with E-state index in [4.69, 9.17) is 0 Å². The van der Waals surface area contributed by atoms with E-state index in [-0.39, 0.29) is 23.2 Å².